The van der Waals surface area contributed by atoms with Gasteiger partial charge in [-0.3, -0.25) is 0 Å². The highest BCUT2D eigenvalue weighted by Crippen LogP contribution is 2.24. The van der Waals surface area contributed by atoms with E-state index in [1.54, 1.807) is 6.07 Å². The number of aliphatic imine (C=N–C) groups is 1. The molecule has 0 fully saturated rings. The van der Waals surface area contributed by atoms with E-state index in [2.05, 4.69) is 15.5 Å². The Labute approximate surface area is 163 Å². The molecule has 5 nitrogen and oxygen atoms in total. The van der Waals surface area contributed by atoms with Crippen LogP contribution in [0, 0.1) is 5.82 Å². The van der Waals surface area contributed by atoms with Crippen LogP contribution >= 0.6 is 0 Å². The van der Waals surface area contributed by atoms with Crippen LogP contribution in [0.3, 0.4) is 0 Å². The van der Waals surface area contributed by atoms with Crippen LogP contribution in [0.15, 0.2) is 64.1 Å². The number of aromatic nitrogens is 1. The molecule has 28 heavy (non-hydrogen) atoms. The second-order valence-corrected chi connectivity index (χ2v) is 7.05. The Kier molecular flexibility index (Phi) is 5.37. The molecule has 6 heteroatoms. The fourth-order valence-electron chi connectivity index (χ4n) is 3.46. The molecule has 0 bridgehead atoms. The molecule has 0 spiro atoms. The lowest BCUT2D eigenvalue weighted by Crippen LogP contribution is -2.39. The smallest absolute Gasteiger partial charge is 0.188 e. The van der Waals surface area contributed by atoms with Crippen LogP contribution in [-0.4, -0.2) is 23.7 Å². The van der Waals surface area contributed by atoms with Crippen LogP contribution in [0.4, 0.5) is 4.39 Å². The van der Waals surface area contributed by atoms with E-state index in [4.69, 9.17) is 10.3 Å². The molecule has 3 aromatic rings. The SMILES string of the molecule is NC1=NC(Cc2cc(CCc3ccc(-c4ccccc4)c(F)c3)no2)CCN1. The van der Waals surface area contributed by atoms with E-state index in [1.165, 1.54) is 0 Å². The molecule has 144 valence electrons. The van der Waals surface area contributed by atoms with Crippen LogP contribution in [-0.2, 0) is 19.3 Å². The molecular weight excluding hydrogens is 355 g/mol. The number of nitrogens with two attached hydrogens (primary N) is 1. The zero-order valence-corrected chi connectivity index (χ0v) is 15.6. The lowest BCUT2D eigenvalue weighted by Gasteiger charge is -2.18. The molecule has 2 aromatic carbocycles. The normalized spacial score (nSPS) is 16.5. The summed E-state index contributed by atoms with van der Waals surface area (Å²) in [6.45, 7) is 0.825. The summed E-state index contributed by atoms with van der Waals surface area (Å²) in [5, 5.41) is 7.15. The number of guanidine groups is 1. The van der Waals surface area contributed by atoms with Gasteiger partial charge in [0.1, 0.15) is 11.6 Å². The summed E-state index contributed by atoms with van der Waals surface area (Å²) in [4.78, 5) is 4.38. The Balaban J connectivity index is 1.37. The van der Waals surface area contributed by atoms with E-state index >= 15 is 0 Å². The summed E-state index contributed by atoms with van der Waals surface area (Å²) in [5.74, 6) is 1.09. The number of nitrogens with zero attached hydrogens (tertiary/aromatic N) is 2. The lowest BCUT2D eigenvalue weighted by molar-refractivity contribution is 0.365. The molecule has 2 heterocycles. The van der Waals surface area contributed by atoms with Crippen molar-refractivity contribution in [2.75, 3.05) is 6.54 Å². The summed E-state index contributed by atoms with van der Waals surface area (Å²) in [6, 6.07) is 17.1. The molecule has 0 aliphatic carbocycles. The van der Waals surface area contributed by atoms with Crippen molar-refractivity contribution in [3.63, 3.8) is 0 Å². The number of nitrogens with one attached hydrogen (secondary N) is 1. The van der Waals surface area contributed by atoms with Gasteiger partial charge in [-0.25, -0.2) is 9.38 Å². The maximum Gasteiger partial charge on any atom is 0.188 e. The van der Waals surface area contributed by atoms with E-state index in [-0.39, 0.29) is 11.9 Å². The van der Waals surface area contributed by atoms with Gasteiger partial charge >= 0.3 is 0 Å². The molecule has 1 aliphatic heterocycles. The van der Waals surface area contributed by atoms with E-state index in [1.807, 2.05) is 48.5 Å². The number of hydrogen-bond donors (Lipinski definition) is 2. The van der Waals surface area contributed by atoms with Crippen molar-refractivity contribution in [1.82, 2.24) is 10.5 Å². The van der Waals surface area contributed by atoms with Crippen LogP contribution in [0.25, 0.3) is 11.1 Å². The minimum absolute atomic E-state index is 0.127. The van der Waals surface area contributed by atoms with Gasteiger partial charge in [-0.1, -0.05) is 47.6 Å². The zero-order chi connectivity index (χ0) is 19.3. The molecule has 4 rings (SSSR count). The molecule has 1 unspecified atom stereocenters. The van der Waals surface area contributed by atoms with Crippen molar-refractivity contribution < 1.29 is 8.91 Å². The third kappa shape index (κ3) is 4.39. The van der Waals surface area contributed by atoms with E-state index in [9.17, 15) is 4.39 Å². The summed E-state index contributed by atoms with van der Waals surface area (Å²) < 4.78 is 19.9. The third-order valence-corrected chi connectivity index (χ3v) is 4.94. The van der Waals surface area contributed by atoms with E-state index < -0.39 is 0 Å². The van der Waals surface area contributed by atoms with Gasteiger partial charge < -0.3 is 15.6 Å². The first kappa shape index (κ1) is 18.2. The largest absolute Gasteiger partial charge is 0.370 e. The molecule has 3 N–H and O–H groups in total. The molecule has 0 saturated heterocycles. The Morgan fingerprint density at radius 2 is 1.96 bits per heavy atom. The van der Waals surface area contributed by atoms with Gasteiger partial charge in [0.15, 0.2) is 5.96 Å². The topological polar surface area (TPSA) is 76.4 Å². The Bertz CT molecular complexity index is 968. The van der Waals surface area contributed by atoms with Crippen LogP contribution in [0.5, 0.6) is 0 Å². The zero-order valence-electron chi connectivity index (χ0n) is 15.6. The number of hydrogen-bond acceptors (Lipinski definition) is 5. The van der Waals surface area contributed by atoms with Crippen molar-refractivity contribution >= 4 is 5.96 Å². The van der Waals surface area contributed by atoms with Crippen molar-refractivity contribution in [2.24, 2.45) is 10.7 Å². The van der Waals surface area contributed by atoms with Crippen molar-refractivity contribution in [3.8, 4) is 11.1 Å². The number of aryl methyl sites for hydroxylation is 2. The quantitative estimate of drug-likeness (QED) is 0.688. The highest BCUT2D eigenvalue weighted by molar-refractivity contribution is 5.78. The summed E-state index contributed by atoms with van der Waals surface area (Å²) in [6.07, 6.45) is 3.02. The Morgan fingerprint density at radius 3 is 2.75 bits per heavy atom. The van der Waals surface area contributed by atoms with Gasteiger partial charge in [-0.05, 0) is 36.5 Å². The molecule has 0 saturated carbocycles. The van der Waals surface area contributed by atoms with E-state index in [0.717, 1.165) is 35.5 Å². The summed E-state index contributed by atoms with van der Waals surface area (Å²) >= 11 is 0. The molecule has 0 radical (unpaired) electrons. The van der Waals surface area contributed by atoms with Crippen LogP contribution in [0.1, 0.15) is 23.4 Å². The first-order valence-electron chi connectivity index (χ1n) is 9.53. The predicted molar refractivity (Wildman–Crippen MR) is 107 cm³/mol. The Hall–Kier alpha value is -3.15. The second-order valence-electron chi connectivity index (χ2n) is 7.05. The molecular formula is C22H23FN4O. The average molecular weight is 378 g/mol. The number of halogens is 1. The lowest BCUT2D eigenvalue weighted by atomic mass is 10.0. The Morgan fingerprint density at radius 1 is 1.11 bits per heavy atom. The monoisotopic (exact) mass is 378 g/mol. The minimum atomic E-state index is -0.203. The van der Waals surface area contributed by atoms with Gasteiger partial charge in [-0.15, -0.1) is 0 Å². The first-order chi connectivity index (χ1) is 13.7. The van der Waals surface area contributed by atoms with Crippen LogP contribution < -0.4 is 11.1 Å². The van der Waals surface area contributed by atoms with Crippen molar-refractivity contribution in [2.45, 2.75) is 31.7 Å². The predicted octanol–water partition coefficient (Wildman–Crippen LogP) is 3.49. The van der Waals surface area contributed by atoms with Gasteiger partial charge in [0.2, 0.25) is 0 Å². The van der Waals surface area contributed by atoms with Gasteiger partial charge in [0.05, 0.1) is 11.7 Å². The maximum atomic E-state index is 14.5. The third-order valence-electron chi connectivity index (χ3n) is 4.94. The number of rotatable bonds is 6. The van der Waals surface area contributed by atoms with Crippen LogP contribution in [0.2, 0.25) is 0 Å². The van der Waals surface area contributed by atoms with Gasteiger partial charge in [0, 0.05) is 24.6 Å². The van der Waals surface area contributed by atoms with Gasteiger partial charge in [0.25, 0.3) is 0 Å². The molecule has 1 atom stereocenters. The highest BCUT2D eigenvalue weighted by Gasteiger charge is 2.16. The second kappa shape index (κ2) is 8.25. The maximum absolute atomic E-state index is 14.5. The first-order valence-corrected chi connectivity index (χ1v) is 9.53. The van der Waals surface area contributed by atoms with E-state index in [0.29, 0.717) is 30.8 Å². The van der Waals surface area contributed by atoms with Crippen molar-refractivity contribution in [3.05, 3.63) is 77.4 Å². The minimum Gasteiger partial charge on any atom is -0.370 e. The molecule has 1 aromatic heterocycles. The summed E-state index contributed by atoms with van der Waals surface area (Å²) in [5.41, 5.74) is 9.03. The average Bonchev–Trinajstić information content (AvgIpc) is 3.14. The number of benzene rings is 2. The fourth-order valence-corrected chi connectivity index (χ4v) is 3.46. The molecule has 0 amide bonds. The highest BCUT2D eigenvalue weighted by atomic mass is 19.1. The molecule has 1 aliphatic rings. The summed E-state index contributed by atoms with van der Waals surface area (Å²) in [7, 11) is 0. The van der Waals surface area contributed by atoms with Crippen molar-refractivity contribution in [1.29, 1.82) is 0 Å². The fraction of sp³-hybridized carbons (Fsp3) is 0.273. The van der Waals surface area contributed by atoms with Gasteiger partial charge in [-0.2, -0.15) is 0 Å². The standard InChI is InChI=1S/C22H23FN4O/c23-21-12-15(7-9-20(21)16-4-2-1-3-5-16)6-8-18-14-19(28-27-18)13-17-10-11-25-22(24)26-17/h1-5,7,9,12,14,17H,6,8,10-11,13H2,(H3,24,25,26).